The number of fused-ring (bicyclic) bond motifs is 1. The SMILES string of the molecule is CC(C)Oc1cccc(-n2cc(CCc3ccccc3)c3cc(CCC(=O)O)ccc32)c1. The Kier molecular flexibility index (Phi) is 6.60. The summed E-state index contributed by atoms with van der Waals surface area (Å²) in [7, 11) is 0. The van der Waals surface area contributed by atoms with Gasteiger partial charge in [0.05, 0.1) is 11.6 Å². The summed E-state index contributed by atoms with van der Waals surface area (Å²) in [6.45, 7) is 4.05. The van der Waals surface area contributed by atoms with Crippen molar-refractivity contribution in [3.63, 3.8) is 0 Å². The minimum absolute atomic E-state index is 0.116. The van der Waals surface area contributed by atoms with Crippen molar-refractivity contribution in [2.75, 3.05) is 0 Å². The molecule has 0 aliphatic carbocycles. The predicted octanol–water partition coefficient (Wildman–Crippen LogP) is 6.22. The summed E-state index contributed by atoms with van der Waals surface area (Å²) in [5.41, 5.74) is 5.79. The second-order valence-corrected chi connectivity index (χ2v) is 8.42. The van der Waals surface area contributed by atoms with Gasteiger partial charge in [0.1, 0.15) is 5.75 Å². The molecule has 32 heavy (non-hydrogen) atoms. The first-order valence-corrected chi connectivity index (χ1v) is 11.2. The van der Waals surface area contributed by atoms with E-state index in [0.717, 1.165) is 35.4 Å². The van der Waals surface area contributed by atoms with Crippen LogP contribution < -0.4 is 4.74 Å². The first-order chi connectivity index (χ1) is 15.5. The second-order valence-electron chi connectivity index (χ2n) is 8.42. The maximum Gasteiger partial charge on any atom is 0.303 e. The Balaban J connectivity index is 1.73. The van der Waals surface area contributed by atoms with Crippen LogP contribution in [0.2, 0.25) is 0 Å². The van der Waals surface area contributed by atoms with Crippen LogP contribution in [0, 0.1) is 0 Å². The molecule has 1 heterocycles. The molecule has 0 radical (unpaired) electrons. The van der Waals surface area contributed by atoms with E-state index in [1.165, 1.54) is 16.5 Å². The van der Waals surface area contributed by atoms with Crippen molar-refractivity contribution in [2.45, 2.75) is 45.6 Å². The van der Waals surface area contributed by atoms with Crippen LogP contribution in [-0.4, -0.2) is 21.7 Å². The predicted molar refractivity (Wildman–Crippen MR) is 129 cm³/mol. The summed E-state index contributed by atoms with van der Waals surface area (Å²) in [5, 5.41) is 10.3. The lowest BCUT2D eigenvalue weighted by Crippen LogP contribution is -2.05. The molecule has 4 nitrogen and oxygen atoms in total. The molecule has 4 aromatic rings. The van der Waals surface area contributed by atoms with Crippen LogP contribution in [0.1, 0.15) is 37.0 Å². The fraction of sp³-hybridized carbons (Fsp3) is 0.250. The Hall–Kier alpha value is -3.53. The number of aromatic nitrogens is 1. The van der Waals surface area contributed by atoms with E-state index in [-0.39, 0.29) is 12.5 Å². The minimum atomic E-state index is -0.770. The van der Waals surface area contributed by atoms with Crippen LogP contribution in [0.25, 0.3) is 16.6 Å². The highest BCUT2D eigenvalue weighted by molar-refractivity contribution is 5.86. The Morgan fingerprint density at radius 2 is 1.72 bits per heavy atom. The van der Waals surface area contributed by atoms with Gasteiger partial charge in [0.15, 0.2) is 0 Å². The Labute approximate surface area is 189 Å². The second kappa shape index (κ2) is 9.73. The number of aryl methyl sites for hydroxylation is 3. The molecule has 0 aliphatic rings. The van der Waals surface area contributed by atoms with Gasteiger partial charge in [-0.15, -0.1) is 0 Å². The third-order valence-electron chi connectivity index (χ3n) is 5.57. The quantitative estimate of drug-likeness (QED) is 0.345. The van der Waals surface area contributed by atoms with Crippen LogP contribution in [0.4, 0.5) is 0 Å². The Morgan fingerprint density at radius 3 is 2.47 bits per heavy atom. The molecule has 4 rings (SSSR count). The van der Waals surface area contributed by atoms with Crippen molar-refractivity contribution in [1.29, 1.82) is 0 Å². The van der Waals surface area contributed by atoms with Gasteiger partial charge in [-0.25, -0.2) is 0 Å². The topological polar surface area (TPSA) is 51.5 Å². The summed E-state index contributed by atoms with van der Waals surface area (Å²) in [6.07, 6.45) is 4.87. The molecule has 3 aromatic carbocycles. The van der Waals surface area contributed by atoms with Crippen molar-refractivity contribution in [3.05, 3.63) is 95.7 Å². The van der Waals surface area contributed by atoms with Crippen molar-refractivity contribution >= 4 is 16.9 Å². The zero-order valence-electron chi connectivity index (χ0n) is 18.6. The molecule has 0 unspecified atom stereocenters. The molecule has 0 amide bonds. The number of carboxylic acids is 1. The van der Waals surface area contributed by atoms with Gasteiger partial charge in [0.25, 0.3) is 0 Å². The van der Waals surface area contributed by atoms with Crippen LogP contribution in [0.5, 0.6) is 5.75 Å². The number of ether oxygens (including phenoxy) is 1. The van der Waals surface area contributed by atoms with Crippen LogP contribution in [-0.2, 0) is 24.1 Å². The number of hydrogen-bond acceptors (Lipinski definition) is 2. The van der Waals surface area contributed by atoms with E-state index in [1.54, 1.807) is 0 Å². The molecule has 1 N–H and O–H groups in total. The smallest absolute Gasteiger partial charge is 0.303 e. The summed E-state index contributed by atoms with van der Waals surface area (Å²) in [5.74, 6) is 0.0807. The number of carbonyl (C=O) groups is 1. The normalized spacial score (nSPS) is 11.2. The molecule has 0 spiro atoms. The molecule has 164 valence electrons. The lowest BCUT2D eigenvalue weighted by Gasteiger charge is -2.12. The third kappa shape index (κ3) is 5.20. The van der Waals surface area contributed by atoms with E-state index in [1.807, 2.05) is 38.1 Å². The molecule has 0 fully saturated rings. The number of benzene rings is 3. The van der Waals surface area contributed by atoms with Crippen molar-refractivity contribution in [1.82, 2.24) is 4.57 Å². The van der Waals surface area contributed by atoms with E-state index in [0.29, 0.717) is 6.42 Å². The van der Waals surface area contributed by atoms with E-state index < -0.39 is 5.97 Å². The van der Waals surface area contributed by atoms with Crippen molar-refractivity contribution in [3.8, 4) is 11.4 Å². The van der Waals surface area contributed by atoms with Crippen LogP contribution in [0.15, 0.2) is 79.0 Å². The fourth-order valence-corrected chi connectivity index (χ4v) is 4.07. The monoisotopic (exact) mass is 427 g/mol. The maximum atomic E-state index is 11.0. The summed E-state index contributed by atoms with van der Waals surface area (Å²) < 4.78 is 8.12. The highest BCUT2D eigenvalue weighted by atomic mass is 16.5. The van der Waals surface area contributed by atoms with Gasteiger partial charge in [-0.3, -0.25) is 4.79 Å². The highest BCUT2D eigenvalue weighted by Crippen LogP contribution is 2.29. The number of rotatable bonds is 9. The molecule has 0 saturated carbocycles. The number of carboxylic acid groups (broad SMARTS) is 1. The summed E-state index contributed by atoms with van der Waals surface area (Å²) in [4.78, 5) is 11.0. The average Bonchev–Trinajstić information content (AvgIpc) is 3.15. The molecule has 0 aliphatic heterocycles. The molecule has 0 atom stereocenters. The van der Waals surface area contributed by atoms with E-state index >= 15 is 0 Å². The van der Waals surface area contributed by atoms with Gasteiger partial charge in [0.2, 0.25) is 0 Å². The summed E-state index contributed by atoms with van der Waals surface area (Å²) >= 11 is 0. The highest BCUT2D eigenvalue weighted by Gasteiger charge is 2.13. The Bertz CT molecular complexity index is 1210. The zero-order valence-corrected chi connectivity index (χ0v) is 18.6. The van der Waals surface area contributed by atoms with E-state index in [9.17, 15) is 4.79 Å². The molecular formula is C28H29NO3. The largest absolute Gasteiger partial charge is 0.491 e. The maximum absolute atomic E-state index is 11.0. The van der Waals surface area contributed by atoms with Gasteiger partial charge in [-0.1, -0.05) is 42.5 Å². The standard InChI is InChI=1S/C28H29NO3/c1-20(2)32-25-10-6-9-24(18-25)29-19-23(14-11-21-7-4-3-5-8-21)26-17-22(12-15-27(26)29)13-16-28(30)31/h3-10,12,15,17-20H,11,13-14,16H2,1-2H3,(H,30,31). The van der Waals surface area contributed by atoms with Gasteiger partial charge < -0.3 is 14.4 Å². The zero-order chi connectivity index (χ0) is 22.5. The van der Waals surface area contributed by atoms with Crippen LogP contribution >= 0.6 is 0 Å². The van der Waals surface area contributed by atoms with Gasteiger partial charge in [-0.05, 0) is 74.1 Å². The number of hydrogen-bond donors (Lipinski definition) is 1. The first-order valence-electron chi connectivity index (χ1n) is 11.2. The number of aliphatic carboxylic acids is 1. The molecular weight excluding hydrogens is 398 g/mol. The van der Waals surface area contributed by atoms with Gasteiger partial charge in [0, 0.05) is 29.8 Å². The van der Waals surface area contributed by atoms with Crippen molar-refractivity contribution < 1.29 is 14.6 Å². The first kappa shape index (κ1) is 21.7. The Morgan fingerprint density at radius 1 is 0.906 bits per heavy atom. The third-order valence-corrected chi connectivity index (χ3v) is 5.57. The van der Waals surface area contributed by atoms with Gasteiger partial charge in [-0.2, -0.15) is 0 Å². The number of nitrogens with zero attached hydrogens (tertiary/aromatic N) is 1. The fourth-order valence-electron chi connectivity index (χ4n) is 4.07. The molecule has 0 saturated heterocycles. The van der Waals surface area contributed by atoms with Crippen molar-refractivity contribution in [2.24, 2.45) is 0 Å². The van der Waals surface area contributed by atoms with E-state index in [2.05, 4.69) is 59.3 Å². The van der Waals surface area contributed by atoms with Gasteiger partial charge >= 0.3 is 5.97 Å². The lowest BCUT2D eigenvalue weighted by atomic mass is 10.0. The average molecular weight is 428 g/mol. The van der Waals surface area contributed by atoms with Crippen LogP contribution in [0.3, 0.4) is 0 Å². The van der Waals surface area contributed by atoms with E-state index in [4.69, 9.17) is 9.84 Å². The molecule has 0 bridgehead atoms. The molecule has 1 aromatic heterocycles. The minimum Gasteiger partial charge on any atom is -0.491 e. The summed E-state index contributed by atoms with van der Waals surface area (Å²) in [6, 6.07) is 25.0. The lowest BCUT2D eigenvalue weighted by molar-refractivity contribution is -0.136. The molecule has 4 heteroatoms.